The molecule has 2 atom stereocenters. The van der Waals surface area contributed by atoms with Crippen LogP contribution < -0.4 is 0 Å². The molecule has 0 fully saturated rings. The molecule has 2 unspecified atom stereocenters. The van der Waals surface area contributed by atoms with Gasteiger partial charge in [-0.05, 0) is 45.4 Å². The van der Waals surface area contributed by atoms with Crippen LogP contribution in [0.15, 0.2) is 12.2 Å². The summed E-state index contributed by atoms with van der Waals surface area (Å²) in [4.78, 5) is 34.8. The largest absolute Gasteiger partial charge is 0.472 e. The van der Waals surface area contributed by atoms with Gasteiger partial charge in [0, 0.05) is 12.8 Å². The van der Waals surface area contributed by atoms with Gasteiger partial charge in [-0.2, -0.15) is 0 Å². The number of carbonyl (C=O) groups is 2. The molecule has 0 aromatic heterocycles. The summed E-state index contributed by atoms with van der Waals surface area (Å²) in [6.45, 7) is 5.51. The summed E-state index contributed by atoms with van der Waals surface area (Å²) < 4.78 is 32.7. The Bertz CT molecular complexity index is 941. The van der Waals surface area contributed by atoms with Crippen molar-refractivity contribution in [2.24, 2.45) is 0 Å². The highest BCUT2D eigenvalue weighted by molar-refractivity contribution is 7.47. The van der Waals surface area contributed by atoms with Crippen molar-refractivity contribution in [3.63, 3.8) is 0 Å². The van der Waals surface area contributed by atoms with Crippen LogP contribution in [0.25, 0.3) is 0 Å². The lowest BCUT2D eigenvalue weighted by molar-refractivity contribution is -0.161. The molecule has 0 aliphatic rings. The quantitative estimate of drug-likeness (QED) is 0.0280. The van der Waals surface area contributed by atoms with E-state index in [1.807, 2.05) is 0 Å². The molecule has 0 radical (unpaired) electrons. The summed E-state index contributed by atoms with van der Waals surface area (Å²) in [5.41, 5.74) is 0. The van der Waals surface area contributed by atoms with Gasteiger partial charge in [0.2, 0.25) is 0 Å². The summed E-state index contributed by atoms with van der Waals surface area (Å²) in [6.07, 6.45) is 48.5. The maximum Gasteiger partial charge on any atom is 0.472 e. The van der Waals surface area contributed by atoms with Crippen molar-refractivity contribution in [1.82, 2.24) is 0 Å². The van der Waals surface area contributed by atoms with Crippen LogP contribution in [0.4, 0.5) is 0 Å². The van der Waals surface area contributed by atoms with Crippen molar-refractivity contribution in [3.05, 3.63) is 12.2 Å². The molecule has 0 rings (SSSR count). The van der Waals surface area contributed by atoms with Crippen LogP contribution in [0.1, 0.15) is 258 Å². The predicted molar refractivity (Wildman–Crippen MR) is 240 cm³/mol. The Labute approximate surface area is 352 Å². The molecule has 1 N–H and O–H groups in total. The fourth-order valence-corrected chi connectivity index (χ4v) is 7.97. The number of unbranched alkanes of at least 4 members (excludes halogenated alkanes) is 32. The van der Waals surface area contributed by atoms with Gasteiger partial charge >= 0.3 is 19.8 Å². The van der Waals surface area contributed by atoms with E-state index in [2.05, 4.69) is 26.0 Å². The molecule has 0 heterocycles. The van der Waals surface area contributed by atoms with E-state index in [0.717, 1.165) is 51.4 Å². The van der Waals surface area contributed by atoms with Crippen LogP contribution in [0, 0.1) is 0 Å². The molecule has 0 spiro atoms. The first-order valence-electron chi connectivity index (χ1n) is 24.5. The Morgan fingerprint density at radius 1 is 0.456 bits per heavy atom. The lowest BCUT2D eigenvalue weighted by atomic mass is 10.0. The van der Waals surface area contributed by atoms with Crippen molar-refractivity contribution in [2.75, 3.05) is 19.8 Å². The highest BCUT2D eigenvalue weighted by Gasteiger charge is 2.25. The monoisotopic (exact) mass is 829 g/mol. The van der Waals surface area contributed by atoms with Gasteiger partial charge in [-0.15, -0.1) is 0 Å². The summed E-state index contributed by atoms with van der Waals surface area (Å²) >= 11 is 0. The fraction of sp³-hybridized carbons (Fsp3) is 0.917. The highest BCUT2D eigenvalue weighted by Crippen LogP contribution is 2.43. The average molecular weight is 829 g/mol. The van der Waals surface area contributed by atoms with Crippen molar-refractivity contribution >= 4 is 19.8 Å². The lowest BCUT2D eigenvalue weighted by Crippen LogP contribution is -2.29. The van der Waals surface area contributed by atoms with E-state index in [0.29, 0.717) is 12.8 Å². The Morgan fingerprint density at radius 3 is 1.16 bits per heavy atom. The number of phosphoric ester groups is 1. The molecule has 9 heteroatoms. The smallest absolute Gasteiger partial charge is 0.462 e. The number of hydrogen-bond acceptors (Lipinski definition) is 7. The molecule has 0 saturated carbocycles. The van der Waals surface area contributed by atoms with Crippen molar-refractivity contribution in [3.8, 4) is 0 Å². The third kappa shape index (κ3) is 44.2. The van der Waals surface area contributed by atoms with Gasteiger partial charge in [-0.25, -0.2) is 4.57 Å². The van der Waals surface area contributed by atoms with Gasteiger partial charge in [-0.3, -0.25) is 18.6 Å². The average Bonchev–Trinajstić information content (AvgIpc) is 3.19. The second kappa shape index (κ2) is 44.3. The molecule has 0 amide bonds. The van der Waals surface area contributed by atoms with E-state index in [9.17, 15) is 19.0 Å². The van der Waals surface area contributed by atoms with E-state index < -0.39 is 26.5 Å². The van der Waals surface area contributed by atoms with Crippen LogP contribution in [-0.2, 0) is 32.7 Å². The first-order valence-corrected chi connectivity index (χ1v) is 26.0. The zero-order chi connectivity index (χ0) is 41.8. The van der Waals surface area contributed by atoms with Crippen LogP contribution in [0.2, 0.25) is 0 Å². The fourth-order valence-electron chi connectivity index (χ4n) is 7.21. The molecular weight excluding hydrogens is 735 g/mol. The third-order valence-electron chi connectivity index (χ3n) is 10.8. The molecule has 8 nitrogen and oxygen atoms in total. The first kappa shape index (κ1) is 55.8. The number of allylic oxidation sites excluding steroid dienone is 2. The predicted octanol–water partition coefficient (Wildman–Crippen LogP) is 15.6. The normalized spacial score (nSPS) is 13.3. The second-order valence-corrected chi connectivity index (χ2v) is 17.9. The Morgan fingerprint density at radius 2 is 0.789 bits per heavy atom. The van der Waals surface area contributed by atoms with E-state index in [4.69, 9.17) is 18.5 Å². The maximum atomic E-state index is 12.6. The van der Waals surface area contributed by atoms with Gasteiger partial charge in [0.15, 0.2) is 6.10 Å². The molecule has 338 valence electrons. The Hall–Kier alpha value is -1.21. The highest BCUT2D eigenvalue weighted by atomic mass is 31.2. The third-order valence-corrected chi connectivity index (χ3v) is 11.9. The van der Waals surface area contributed by atoms with Gasteiger partial charge < -0.3 is 14.4 Å². The number of hydrogen-bond donors (Lipinski definition) is 1. The molecule has 0 aliphatic heterocycles. The van der Waals surface area contributed by atoms with Gasteiger partial charge in [0.1, 0.15) is 6.61 Å². The maximum absolute atomic E-state index is 12.6. The molecule has 0 saturated heterocycles. The van der Waals surface area contributed by atoms with Crippen LogP contribution in [0.3, 0.4) is 0 Å². The summed E-state index contributed by atoms with van der Waals surface area (Å²) in [6, 6.07) is 0. The summed E-state index contributed by atoms with van der Waals surface area (Å²) in [7, 11) is -4.28. The summed E-state index contributed by atoms with van der Waals surface area (Å²) in [5.74, 6) is -0.792. The Balaban J connectivity index is 3.94. The lowest BCUT2D eigenvalue weighted by Gasteiger charge is -2.19. The van der Waals surface area contributed by atoms with Crippen molar-refractivity contribution in [2.45, 2.75) is 264 Å². The van der Waals surface area contributed by atoms with Gasteiger partial charge in [0.25, 0.3) is 0 Å². The number of rotatable bonds is 46. The van der Waals surface area contributed by atoms with E-state index >= 15 is 0 Å². The SMILES string of the molecule is CCCCCCCC/C=C\CCCCCCCC(=O)OC(COC(=O)CCCCCCCCCCCCCCCCCCCCCCCC)COP(=O)(O)OCC. The van der Waals surface area contributed by atoms with E-state index in [-0.39, 0.29) is 25.6 Å². The molecule has 0 aliphatic carbocycles. The number of ether oxygens (including phenoxy) is 2. The topological polar surface area (TPSA) is 108 Å². The van der Waals surface area contributed by atoms with E-state index in [1.165, 1.54) is 167 Å². The number of phosphoric acid groups is 1. The minimum Gasteiger partial charge on any atom is -0.462 e. The van der Waals surface area contributed by atoms with Gasteiger partial charge in [-0.1, -0.05) is 212 Å². The number of carbonyl (C=O) groups excluding carboxylic acids is 2. The second-order valence-electron chi connectivity index (χ2n) is 16.5. The van der Waals surface area contributed by atoms with Gasteiger partial charge in [0.05, 0.1) is 13.2 Å². The van der Waals surface area contributed by atoms with E-state index in [1.54, 1.807) is 6.92 Å². The first-order chi connectivity index (χ1) is 27.8. The van der Waals surface area contributed by atoms with Crippen molar-refractivity contribution in [1.29, 1.82) is 0 Å². The molecule has 57 heavy (non-hydrogen) atoms. The molecule has 0 aromatic rings. The van der Waals surface area contributed by atoms with Crippen LogP contribution in [-0.4, -0.2) is 42.8 Å². The van der Waals surface area contributed by atoms with Crippen LogP contribution >= 0.6 is 7.82 Å². The zero-order valence-electron chi connectivity index (χ0n) is 37.8. The molecular formula is C48H93O8P. The standard InChI is InChI=1S/C48H93O8P/c1-4-7-9-11-13-15-17-19-21-22-23-24-25-26-27-29-30-32-34-36-38-40-42-47(49)53-44-46(45-55-57(51,52)54-6-3)56-48(50)43-41-39-37-35-33-31-28-20-18-16-14-12-10-8-5-2/h20,28,46H,4-19,21-27,29-45H2,1-3H3,(H,51,52)/b28-20-. The minimum atomic E-state index is -4.28. The minimum absolute atomic E-state index is 0.00222. The Kier molecular flexibility index (Phi) is 43.4. The van der Waals surface area contributed by atoms with Crippen LogP contribution in [0.5, 0.6) is 0 Å². The molecule has 0 aromatic carbocycles. The van der Waals surface area contributed by atoms with Crippen molar-refractivity contribution < 1.29 is 37.6 Å². The molecule has 0 bridgehead atoms. The number of esters is 2. The summed E-state index contributed by atoms with van der Waals surface area (Å²) in [5, 5.41) is 0. The zero-order valence-corrected chi connectivity index (χ0v) is 38.7.